The second kappa shape index (κ2) is 7.93. The van der Waals surface area contributed by atoms with Gasteiger partial charge < -0.3 is 14.8 Å². The van der Waals surface area contributed by atoms with E-state index in [1.54, 1.807) is 0 Å². The molecule has 0 radical (unpaired) electrons. The molecule has 20 heavy (non-hydrogen) atoms. The lowest BCUT2D eigenvalue weighted by atomic mass is 10.0. The molecule has 0 bridgehead atoms. The number of hydrogen-bond donors (Lipinski definition) is 1. The monoisotopic (exact) mass is 320 g/mol. The first-order chi connectivity index (χ1) is 8.90. The third-order valence-electron chi connectivity index (χ3n) is 3.77. The molecule has 1 atom stereocenters. The zero-order valence-electron chi connectivity index (χ0n) is 11.6. The molecule has 0 aromatic heterocycles. The van der Waals surface area contributed by atoms with Crippen LogP contribution in [-0.2, 0) is 0 Å². The van der Waals surface area contributed by atoms with E-state index in [-0.39, 0.29) is 24.8 Å². The smallest absolute Gasteiger partial charge is 0.231 e. The van der Waals surface area contributed by atoms with Crippen molar-refractivity contribution in [1.29, 1.82) is 0 Å². The third-order valence-corrected chi connectivity index (χ3v) is 3.77. The van der Waals surface area contributed by atoms with Crippen LogP contribution < -0.4 is 14.8 Å². The number of hydrogen-bond acceptors (Lipinski definition) is 4. The molecule has 2 aliphatic rings. The molecule has 6 heteroatoms. The van der Waals surface area contributed by atoms with Crippen molar-refractivity contribution in [2.75, 3.05) is 33.0 Å². The summed E-state index contributed by atoms with van der Waals surface area (Å²) in [5.74, 6) is 1.84. The molecule has 0 saturated carbocycles. The van der Waals surface area contributed by atoms with Crippen molar-refractivity contribution in [3.63, 3.8) is 0 Å². The summed E-state index contributed by atoms with van der Waals surface area (Å²) in [6, 6.07) is 6.65. The number of nitrogens with one attached hydrogen (secondary N) is 1. The van der Waals surface area contributed by atoms with E-state index in [4.69, 9.17) is 9.47 Å². The molecule has 1 aromatic carbocycles. The van der Waals surface area contributed by atoms with Gasteiger partial charge >= 0.3 is 0 Å². The maximum absolute atomic E-state index is 5.64. The quantitative estimate of drug-likeness (QED) is 0.928. The van der Waals surface area contributed by atoms with E-state index in [0.717, 1.165) is 44.1 Å². The van der Waals surface area contributed by atoms with Crippen LogP contribution in [-0.4, -0.2) is 37.9 Å². The molecular formula is C14H22Cl2N2O2. The van der Waals surface area contributed by atoms with Crippen molar-refractivity contribution in [3.8, 4) is 11.5 Å². The summed E-state index contributed by atoms with van der Waals surface area (Å²) in [7, 11) is 0. The van der Waals surface area contributed by atoms with Gasteiger partial charge in [0.1, 0.15) is 0 Å². The maximum atomic E-state index is 5.64. The van der Waals surface area contributed by atoms with Crippen LogP contribution in [0, 0.1) is 0 Å². The average molecular weight is 321 g/mol. The van der Waals surface area contributed by atoms with E-state index in [1.165, 1.54) is 5.56 Å². The Morgan fingerprint density at radius 3 is 2.65 bits per heavy atom. The van der Waals surface area contributed by atoms with Crippen molar-refractivity contribution in [2.45, 2.75) is 19.4 Å². The number of rotatable bonds is 3. The van der Waals surface area contributed by atoms with Crippen LogP contribution in [0.1, 0.15) is 24.9 Å². The lowest BCUT2D eigenvalue weighted by Gasteiger charge is -2.35. The lowest BCUT2D eigenvalue weighted by molar-refractivity contribution is 0.156. The van der Waals surface area contributed by atoms with Gasteiger partial charge in [-0.05, 0) is 12.5 Å². The Hall–Kier alpha value is -0.680. The summed E-state index contributed by atoms with van der Waals surface area (Å²) >= 11 is 0. The summed E-state index contributed by atoms with van der Waals surface area (Å²) in [5.41, 5.74) is 1.27. The number of halogens is 2. The molecule has 0 spiro atoms. The molecule has 4 nitrogen and oxygen atoms in total. The fraction of sp³-hybridized carbons (Fsp3) is 0.571. The molecule has 0 aliphatic carbocycles. The highest BCUT2D eigenvalue weighted by Gasteiger charge is 2.27. The molecule has 0 amide bonds. The fourth-order valence-corrected chi connectivity index (χ4v) is 2.88. The SMILES string of the molecule is CC[C@H](c1cccc2c1OCO2)N1CCNCC1.Cl.Cl. The van der Waals surface area contributed by atoms with Gasteiger partial charge in [-0.3, -0.25) is 4.90 Å². The van der Waals surface area contributed by atoms with Gasteiger partial charge in [-0.2, -0.15) is 0 Å². The normalized spacial score (nSPS) is 18.9. The molecule has 1 N–H and O–H groups in total. The zero-order valence-corrected chi connectivity index (χ0v) is 13.3. The van der Waals surface area contributed by atoms with E-state index in [0.29, 0.717) is 12.8 Å². The van der Waals surface area contributed by atoms with Crippen molar-refractivity contribution >= 4 is 24.8 Å². The van der Waals surface area contributed by atoms with Crippen molar-refractivity contribution in [2.24, 2.45) is 0 Å². The van der Waals surface area contributed by atoms with Gasteiger partial charge in [0.2, 0.25) is 6.79 Å². The molecule has 1 fully saturated rings. The molecular weight excluding hydrogens is 299 g/mol. The minimum Gasteiger partial charge on any atom is -0.454 e. The van der Waals surface area contributed by atoms with Gasteiger partial charge in [-0.25, -0.2) is 0 Å². The highest BCUT2D eigenvalue weighted by Crippen LogP contribution is 2.41. The van der Waals surface area contributed by atoms with Crippen molar-refractivity contribution < 1.29 is 9.47 Å². The Labute approximate surface area is 132 Å². The van der Waals surface area contributed by atoms with Crippen molar-refractivity contribution in [3.05, 3.63) is 23.8 Å². The first kappa shape index (κ1) is 17.4. The van der Waals surface area contributed by atoms with E-state index >= 15 is 0 Å². The predicted molar refractivity (Wildman–Crippen MR) is 84.5 cm³/mol. The van der Waals surface area contributed by atoms with E-state index < -0.39 is 0 Å². The predicted octanol–water partition coefficient (Wildman–Crippen LogP) is 2.62. The van der Waals surface area contributed by atoms with E-state index in [1.807, 2.05) is 6.07 Å². The largest absolute Gasteiger partial charge is 0.454 e. The fourth-order valence-electron chi connectivity index (χ4n) is 2.88. The van der Waals surface area contributed by atoms with Gasteiger partial charge in [-0.1, -0.05) is 19.1 Å². The molecule has 3 rings (SSSR count). The Morgan fingerprint density at radius 2 is 1.95 bits per heavy atom. The van der Waals surface area contributed by atoms with Gasteiger partial charge in [0.25, 0.3) is 0 Å². The second-order valence-electron chi connectivity index (χ2n) is 4.79. The number of para-hydroxylation sites is 1. The Bertz CT molecular complexity index is 426. The molecule has 0 unspecified atom stereocenters. The van der Waals surface area contributed by atoms with E-state index in [9.17, 15) is 0 Å². The second-order valence-corrected chi connectivity index (χ2v) is 4.79. The summed E-state index contributed by atoms with van der Waals surface area (Å²) < 4.78 is 11.1. The van der Waals surface area contributed by atoms with Gasteiger partial charge in [0.15, 0.2) is 11.5 Å². The van der Waals surface area contributed by atoms with Gasteiger partial charge in [0, 0.05) is 37.8 Å². The summed E-state index contributed by atoms with van der Waals surface area (Å²) in [5, 5.41) is 3.40. The lowest BCUT2D eigenvalue weighted by Crippen LogP contribution is -2.45. The third kappa shape index (κ3) is 3.31. The van der Waals surface area contributed by atoms with Crippen LogP contribution in [0.4, 0.5) is 0 Å². The molecule has 1 aromatic rings. The summed E-state index contributed by atoms with van der Waals surface area (Å²) in [4.78, 5) is 2.54. The first-order valence-electron chi connectivity index (χ1n) is 6.73. The number of piperazine rings is 1. The topological polar surface area (TPSA) is 33.7 Å². The minimum absolute atomic E-state index is 0. The molecule has 114 valence electrons. The van der Waals surface area contributed by atoms with E-state index in [2.05, 4.69) is 29.3 Å². The van der Waals surface area contributed by atoms with Gasteiger partial charge in [-0.15, -0.1) is 24.8 Å². The molecule has 1 saturated heterocycles. The van der Waals surface area contributed by atoms with Crippen molar-refractivity contribution in [1.82, 2.24) is 10.2 Å². The van der Waals surface area contributed by atoms with Crippen LogP contribution in [0.5, 0.6) is 11.5 Å². The van der Waals surface area contributed by atoms with Crippen LogP contribution in [0.2, 0.25) is 0 Å². The molecule has 2 heterocycles. The number of benzene rings is 1. The first-order valence-corrected chi connectivity index (χ1v) is 6.73. The minimum atomic E-state index is 0. The maximum Gasteiger partial charge on any atom is 0.231 e. The van der Waals surface area contributed by atoms with Crippen LogP contribution in [0.3, 0.4) is 0 Å². The van der Waals surface area contributed by atoms with Crippen LogP contribution in [0.15, 0.2) is 18.2 Å². The number of ether oxygens (including phenoxy) is 2. The van der Waals surface area contributed by atoms with Crippen LogP contribution in [0.25, 0.3) is 0 Å². The zero-order chi connectivity index (χ0) is 12.4. The number of nitrogens with zero attached hydrogens (tertiary/aromatic N) is 1. The Kier molecular flexibility index (Phi) is 6.89. The molecule has 2 aliphatic heterocycles. The highest BCUT2D eigenvalue weighted by molar-refractivity contribution is 5.85. The number of fused-ring (bicyclic) bond motifs is 1. The Morgan fingerprint density at radius 1 is 1.20 bits per heavy atom. The standard InChI is InChI=1S/C14H20N2O2.2ClH/c1-2-12(16-8-6-15-7-9-16)11-4-3-5-13-14(11)18-10-17-13;;/h3-5,12,15H,2,6-10H2,1H3;2*1H/t12-;;/m1../s1. The van der Waals surface area contributed by atoms with Gasteiger partial charge in [0.05, 0.1) is 0 Å². The summed E-state index contributed by atoms with van der Waals surface area (Å²) in [6.07, 6.45) is 1.10. The Balaban J connectivity index is 0.000001000. The summed E-state index contributed by atoms with van der Waals surface area (Å²) in [6.45, 7) is 6.93. The average Bonchev–Trinajstić information content (AvgIpc) is 2.90. The highest BCUT2D eigenvalue weighted by atomic mass is 35.5. The van der Waals surface area contributed by atoms with Crippen LogP contribution >= 0.6 is 24.8 Å².